The molecule has 4 heteroatoms. The van der Waals surface area contributed by atoms with Crippen molar-refractivity contribution in [2.24, 2.45) is 0 Å². The molecule has 2 heterocycles. The standard InChI is InChI=1S/C66H76BClN2/c1-37-26-57-59-58(27-37)70(54-36-50-46(29-39(54)3)61(6,7)21-25-65(50,14)15)56-32-42-41-31-47-48(63(10,11)23-22-62(47,8)9)33-43(41)66(16,17)44(42)34-52(56)67(59)51-19-18-40(68)30-55(51)69(57)53-35-49-45(28-38(53)2)60(4,5)20-24-64(49,12)13/h18-19,26-36H,20-25H2,1-17H3. The van der Waals surface area contributed by atoms with Gasteiger partial charge in [-0.3, -0.25) is 0 Å². The van der Waals surface area contributed by atoms with E-state index >= 15 is 0 Å². The number of fused-ring (bicyclic) bond motifs is 10. The average Bonchev–Trinajstić information content (AvgIpc) is 3.49. The highest BCUT2D eigenvalue weighted by Gasteiger charge is 2.49. The lowest BCUT2D eigenvalue weighted by Gasteiger charge is -2.47. The van der Waals surface area contributed by atoms with E-state index in [1.807, 2.05) is 0 Å². The lowest BCUT2D eigenvalue weighted by molar-refractivity contribution is 0.331. The van der Waals surface area contributed by atoms with E-state index in [4.69, 9.17) is 11.6 Å². The minimum absolute atomic E-state index is 0.00198. The Morgan fingerprint density at radius 3 is 1.23 bits per heavy atom. The zero-order valence-electron chi connectivity index (χ0n) is 45.6. The number of aryl methyl sites for hydroxylation is 3. The van der Waals surface area contributed by atoms with Gasteiger partial charge < -0.3 is 9.80 Å². The molecule has 0 saturated carbocycles. The molecule has 0 unspecified atom stereocenters. The third kappa shape index (κ3) is 6.31. The Bertz CT molecular complexity index is 3320. The van der Waals surface area contributed by atoms with Gasteiger partial charge in [0.25, 0.3) is 6.71 Å². The Morgan fingerprint density at radius 1 is 0.371 bits per heavy atom. The first-order valence-corrected chi connectivity index (χ1v) is 27.2. The monoisotopic (exact) mass is 943 g/mol. The van der Waals surface area contributed by atoms with Gasteiger partial charge in [0.15, 0.2) is 0 Å². The lowest BCUT2D eigenvalue weighted by Crippen LogP contribution is -2.61. The van der Waals surface area contributed by atoms with Gasteiger partial charge in [-0.2, -0.15) is 0 Å². The van der Waals surface area contributed by atoms with Crippen molar-refractivity contribution in [3.63, 3.8) is 0 Å². The highest BCUT2D eigenvalue weighted by atomic mass is 35.5. The Kier molecular flexibility index (Phi) is 9.45. The smallest absolute Gasteiger partial charge is 0.252 e. The molecule has 2 aliphatic heterocycles. The van der Waals surface area contributed by atoms with Gasteiger partial charge in [0.05, 0.1) is 0 Å². The average molecular weight is 944 g/mol. The SMILES string of the molecule is Cc1cc2c3c(c1)N(c1cc4c(cc1C)C(C)(C)CCC4(C)C)c1cc4c(cc1B3c1ccc(Cl)cc1N2c1cc2c(cc1C)C(C)(C)CCC2(C)C)C(C)(C)c1cc2c(cc1-4)C(C)(C)CCC2(C)C. The zero-order valence-corrected chi connectivity index (χ0v) is 46.4. The molecule has 0 aromatic heterocycles. The van der Waals surface area contributed by atoms with Gasteiger partial charge in [-0.15, -0.1) is 0 Å². The van der Waals surface area contributed by atoms with Gasteiger partial charge in [-0.25, -0.2) is 0 Å². The highest BCUT2D eigenvalue weighted by molar-refractivity contribution is 7.00. The van der Waals surface area contributed by atoms with Crippen molar-refractivity contribution in [1.82, 2.24) is 0 Å². The Hall–Kier alpha value is -4.73. The van der Waals surface area contributed by atoms with Gasteiger partial charge in [0, 0.05) is 44.6 Å². The summed E-state index contributed by atoms with van der Waals surface area (Å²) in [5, 5.41) is 0.769. The van der Waals surface area contributed by atoms with Crippen LogP contribution in [0.15, 0.2) is 78.9 Å². The maximum atomic E-state index is 7.21. The van der Waals surface area contributed by atoms with Gasteiger partial charge in [0.2, 0.25) is 0 Å². The molecule has 6 aliphatic rings. The van der Waals surface area contributed by atoms with Crippen LogP contribution < -0.4 is 26.2 Å². The molecule has 0 spiro atoms. The third-order valence-electron chi connectivity index (χ3n) is 19.8. The molecule has 70 heavy (non-hydrogen) atoms. The largest absolute Gasteiger partial charge is 0.311 e. The molecule has 0 atom stereocenters. The predicted octanol–water partition coefficient (Wildman–Crippen LogP) is 16.7. The summed E-state index contributed by atoms with van der Waals surface area (Å²) in [5.41, 5.74) is 30.7. The Labute approximate surface area is 426 Å². The number of hydrogen-bond acceptors (Lipinski definition) is 2. The summed E-state index contributed by atoms with van der Waals surface area (Å²) in [5.74, 6) is 0. The fraction of sp³-hybridized carbons (Fsp3) is 0.455. The second-order valence-corrected chi connectivity index (χ2v) is 28.2. The van der Waals surface area contributed by atoms with Crippen LogP contribution in [0.3, 0.4) is 0 Å². The van der Waals surface area contributed by atoms with Gasteiger partial charge >= 0.3 is 0 Å². The minimum atomic E-state index is -0.185. The maximum Gasteiger partial charge on any atom is 0.252 e. The van der Waals surface area contributed by atoms with Crippen molar-refractivity contribution in [3.8, 4) is 11.1 Å². The second kappa shape index (κ2) is 14.3. The molecule has 0 fully saturated rings. The highest BCUT2D eigenvalue weighted by Crippen LogP contribution is 2.58. The first kappa shape index (κ1) is 46.4. The summed E-state index contributed by atoms with van der Waals surface area (Å²) >= 11 is 7.21. The van der Waals surface area contributed by atoms with Crippen LogP contribution in [0.4, 0.5) is 34.1 Å². The van der Waals surface area contributed by atoms with E-state index in [0.717, 1.165) is 5.02 Å². The Morgan fingerprint density at radius 2 is 0.757 bits per heavy atom. The molecular weight excluding hydrogens is 867 g/mol. The van der Waals surface area contributed by atoms with E-state index in [1.165, 1.54) is 156 Å². The second-order valence-electron chi connectivity index (χ2n) is 27.7. The summed E-state index contributed by atoms with van der Waals surface area (Å²) in [4.78, 5) is 5.35. The molecule has 360 valence electrons. The van der Waals surface area contributed by atoms with E-state index in [1.54, 1.807) is 5.56 Å². The van der Waals surface area contributed by atoms with Crippen LogP contribution in [0.5, 0.6) is 0 Å². The summed E-state index contributed by atoms with van der Waals surface area (Å²) in [6, 6.07) is 32.7. The van der Waals surface area contributed by atoms with Crippen LogP contribution in [0.25, 0.3) is 11.1 Å². The molecule has 4 aliphatic carbocycles. The number of rotatable bonds is 2. The zero-order chi connectivity index (χ0) is 49.9. The van der Waals surface area contributed by atoms with Gasteiger partial charge in [-0.1, -0.05) is 139 Å². The van der Waals surface area contributed by atoms with Gasteiger partial charge in [-0.05, 0) is 229 Å². The fourth-order valence-corrected chi connectivity index (χ4v) is 15.0. The molecular formula is C66H76BClN2. The topological polar surface area (TPSA) is 6.48 Å². The molecule has 0 saturated heterocycles. The summed E-state index contributed by atoms with van der Waals surface area (Å²) in [6.45, 7) is 41.6. The normalized spacial score (nSPS) is 21.4. The third-order valence-corrected chi connectivity index (χ3v) is 20.0. The van der Waals surface area contributed by atoms with Crippen LogP contribution in [-0.2, 0) is 37.9 Å². The van der Waals surface area contributed by atoms with E-state index < -0.39 is 0 Å². The molecule has 0 amide bonds. The van der Waals surface area contributed by atoms with E-state index in [2.05, 4.69) is 206 Å². The molecule has 2 nitrogen and oxygen atoms in total. The lowest BCUT2D eigenvalue weighted by atomic mass is 9.33. The predicted molar refractivity (Wildman–Crippen MR) is 303 cm³/mol. The fourth-order valence-electron chi connectivity index (χ4n) is 14.8. The first-order valence-electron chi connectivity index (χ1n) is 26.8. The van der Waals surface area contributed by atoms with Crippen molar-refractivity contribution in [3.05, 3.63) is 145 Å². The Balaban J connectivity index is 1.18. The van der Waals surface area contributed by atoms with Crippen molar-refractivity contribution in [1.29, 1.82) is 0 Å². The molecule has 0 radical (unpaired) electrons. The molecule has 6 aromatic carbocycles. The van der Waals surface area contributed by atoms with Crippen LogP contribution in [0.2, 0.25) is 5.02 Å². The molecule has 0 bridgehead atoms. The first-order chi connectivity index (χ1) is 32.5. The van der Waals surface area contributed by atoms with Crippen molar-refractivity contribution < 1.29 is 0 Å². The van der Waals surface area contributed by atoms with Crippen LogP contribution in [0, 0.1) is 20.8 Å². The van der Waals surface area contributed by atoms with Crippen LogP contribution in [0.1, 0.15) is 197 Å². The van der Waals surface area contributed by atoms with Gasteiger partial charge in [0.1, 0.15) is 0 Å². The number of nitrogens with zero attached hydrogens (tertiary/aromatic N) is 2. The summed E-state index contributed by atoms with van der Waals surface area (Å²) in [7, 11) is 0. The quantitative estimate of drug-likeness (QED) is 0.159. The number of halogens is 1. The van der Waals surface area contributed by atoms with Crippen molar-refractivity contribution in [2.45, 2.75) is 194 Å². The number of anilines is 6. The van der Waals surface area contributed by atoms with E-state index in [-0.39, 0.29) is 44.6 Å². The van der Waals surface area contributed by atoms with Crippen LogP contribution >= 0.6 is 11.6 Å². The van der Waals surface area contributed by atoms with Crippen LogP contribution in [-0.4, -0.2) is 6.71 Å². The number of hydrogen-bond donors (Lipinski definition) is 0. The van der Waals surface area contributed by atoms with E-state index in [0.29, 0.717) is 0 Å². The summed E-state index contributed by atoms with van der Waals surface area (Å²) in [6.07, 6.45) is 7.14. The van der Waals surface area contributed by atoms with E-state index in [9.17, 15) is 0 Å². The molecule has 0 N–H and O–H groups in total. The van der Waals surface area contributed by atoms with Crippen molar-refractivity contribution >= 4 is 68.8 Å². The number of benzene rings is 6. The maximum absolute atomic E-state index is 7.21. The van der Waals surface area contributed by atoms with Crippen molar-refractivity contribution in [2.75, 3.05) is 9.80 Å². The molecule has 6 aromatic rings. The minimum Gasteiger partial charge on any atom is -0.311 e. The molecule has 12 rings (SSSR count). The summed E-state index contributed by atoms with van der Waals surface area (Å²) < 4.78 is 0.